The van der Waals surface area contributed by atoms with Crippen molar-refractivity contribution in [3.05, 3.63) is 60.7 Å². The van der Waals surface area contributed by atoms with Crippen molar-refractivity contribution in [1.82, 2.24) is 14.9 Å². The van der Waals surface area contributed by atoms with Crippen LogP contribution in [0, 0.1) is 0 Å². The molecule has 24 heavy (non-hydrogen) atoms. The Balaban J connectivity index is 1.95. The van der Waals surface area contributed by atoms with Crippen LogP contribution in [-0.2, 0) is 4.79 Å². The molecule has 4 rings (SSSR count). The van der Waals surface area contributed by atoms with Crippen LogP contribution in [0.5, 0.6) is 0 Å². The molecule has 6 nitrogen and oxygen atoms in total. The molecule has 3 aromatic rings. The third-order valence-corrected chi connectivity index (χ3v) is 3.92. The van der Waals surface area contributed by atoms with Gasteiger partial charge in [-0.3, -0.25) is 4.79 Å². The maximum atomic E-state index is 12.8. The van der Waals surface area contributed by atoms with Gasteiger partial charge in [0, 0.05) is 5.56 Å². The van der Waals surface area contributed by atoms with Gasteiger partial charge in [-0.1, -0.05) is 60.7 Å². The zero-order chi connectivity index (χ0) is 16.5. The SMILES string of the molecule is O=C1CC(=S)Nc2nnc(-c3ccccc3)n2N1c1ccccc1. The summed E-state index contributed by atoms with van der Waals surface area (Å²) in [5.74, 6) is 0.850. The molecule has 0 spiro atoms. The van der Waals surface area contributed by atoms with Crippen LogP contribution in [0.25, 0.3) is 11.4 Å². The summed E-state index contributed by atoms with van der Waals surface area (Å²) in [6.45, 7) is 0. The molecule has 1 aliphatic heterocycles. The quantitative estimate of drug-likeness (QED) is 0.730. The normalized spacial score (nSPS) is 14.1. The first-order valence-electron chi connectivity index (χ1n) is 7.43. The predicted molar refractivity (Wildman–Crippen MR) is 95.6 cm³/mol. The molecule has 2 heterocycles. The number of amides is 1. The molecule has 2 aromatic carbocycles. The lowest BCUT2D eigenvalue weighted by atomic mass is 10.2. The number of carbonyl (C=O) groups is 1. The number of rotatable bonds is 2. The van der Waals surface area contributed by atoms with Gasteiger partial charge in [-0.15, -0.1) is 10.2 Å². The van der Waals surface area contributed by atoms with Crippen LogP contribution < -0.4 is 10.3 Å². The fourth-order valence-electron chi connectivity index (χ4n) is 2.64. The lowest BCUT2D eigenvalue weighted by Gasteiger charge is -2.23. The second kappa shape index (κ2) is 5.86. The van der Waals surface area contributed by atoms with Gasteiger partial charge in [-0.05, 0) is 12.1 Å². The Morgan fingerprint density at radius 1 is 0.958 bits per heavy atom. The van der Waals surface area contributed by atoms with E-state index < -0.39 is 0 Å². The average molecular weight is 335 g/mol. The van der Waals surface area contributed by atoms with Gasteiger partial charge >= 0.3 is 0 Å². The van der Waals surface area contributed by atoms with Gasteiger partial charge in [0.2, 0.25) is 5.95 Å². The molecule has 1 N–H and O–H groups in total. The molecule has 1 aromatic heterocycles. The van der Waals surface area contributed by atoms with E-state index in [9.17, 15) is 4.79 Å². The summed E-state index contributed by atoms with van der Waals surface area (Å²) < 4.78 is 1.67. The van der Waals surface area contributed by atoms with Crippen molar-refractivity contribution in [3.8, 4) is 11.4 Å². The minimum Gasteiger partial charge on any atom is -0.317 e. The van der Waals surface area contributed by atoms with Gasteiger partial charge in [-0.25, -0.2) is 5.01 Å². The Labute approximate surface area is 143 Å². The first-order valence-corrected chi connectivity index (χ1v) is 7.84. The zero-order valence-corrected chi connectivity index (χ0v) is 13.4. The van der Waals surface area contributed by atoms with Gasteiger partial charge in [0.15, 0.2) is 5.82 Å². The zero-order valence-electron chi connectivity index (χ0n) is 12.6. The maximum Gasteiger partial charge on any atom is 0.253 e. The Morgan fingerprint density at radius 2 is 1.62 bits per heavy atom. The number of anilines is 2. The van der Waals surface area contributed by atoms with Gasteiger partial charge in [-0.2, -0.15) is 4.68 Å². The summed E-state index contributed by atoms with van der Waals surface area (Å²) in [5.41, 5.74) is 1.59. The number of nitrogens with one attached hydrogen (secondary N) is 1. The summed E-state index contributed by atoms with van der Waals surface area (Å²) in [7, 11) is 0. The van der Waals surface area contributed by atoms with Crippen molar-refractivity contribution in [1.29, 1.82) is 0 Å². The molecule has 7 heteroatoms. The van der Waals surface area contributed by atoms with Gasteiger partial charge in [0.1, 0.15) is 0 Å². The Kier molecular flexibility index (Phi) is 3.55. The fraction of sp³-hybridized carbons (Fsp3) is 0.0588. The van der Waals surface area contributed by atoms with Crippen LogP contribution in [-0.4, -0.2) is 25.8 Å². The molecule has 0 saturated heterocycles. The van der Waals surface area contributed by atoms with Crippen LogP contribution in [0.1, 0.15) is 6.42 Å². The molecular weight excluding hydrogens is 322 g/mol. The molecule has 0 bridgehead atoms. The second-order valence-electron chi connectivity index (χ2n) is 5.29. The number of fused-ring (bicyclic) bond motifs is 1. The third-order valence-electron chi connectivity index (χ3n) is 3.67. The lowest BCUT2D eigenvalue weighted by Crippen LogP contribution is -2.35. The van der Waals surface area contributed by atoms with Crippen molar-refractivity contribution in [2.24, 2.45) is 0 Å². The number of benzene rings is 2. The Morgan fingerprint density at radius 3 is 2.33 bits per heavy atom. The highest BCUT2D eigenvalue weighted by atomic mass is 32.1. The minimum atomic E-state index is -0.144. The molecule has 0 atom stereocenters. The number of para-hydroxylation sites is 1. The highest BCUT2D eigenvalue weighted by Gasteiger charge is 2.29. The van der Waals surface area contributed by atoms with E-state index in [1.165, 1.54) is 0 Å². The van der Waals surface area contributed by atoms with Gasteiger partial charge in [0.25, 0.3) is 5.91 Å². The monoisotopic (exact) mass is 335 g/mol. The number of carbonyl (C=O) groups excluding carboxylic acids is 1. The van der Waals surface area contributed by atoms with Crippen LogP contribution in [0.2, 0.25) is 0 Å². The van der Waals surface area contributed by atoms with Crippen molar-refractivity contribution < 1.29 is 4.79 Å². The average Bonchev–Trinajstić information content (AvgIpc) is 2.94. The molecule has 0 unspecified atom stereocenters. The van der Waals surface area contributed by atoms with Crippen molar-refractivity contribution in [2.75, 3.05) is 10.3 Å². The van der Waals surface area contributed by atoms with E-state index >= 15 is 0 Å². The minimum absolute atomic E-state index is 0.113. The van der Waals surface area contributed by atoms with E-state index in [2.05, 4.69) is 15.5 Å². The summed E-state index contributed by atoms with van der Waals surface area (Å²) in [4.78, 5) is 13.2. The Bertz CT molecular complexity index is 907. The highest BCUT2D eigenvalue weighted by molar-refractivity contribution is 7.80. The number of hydrogen-bond donors (Lipinski definition) is 1. The molecule has 0 saturated carbocycles. The summed E-state index contributed by atoms with van der Waals surface area (Å²) in [6.07, 6.45) is 0.113. The van der Waals surface area contributed by atoms with Crippen LogP contribution >= 0.6 is 12.2 Å². The molecule has 0 fully saturated rings. The van der Waals surface area contributed by atoms with E-state index in [1.807, 2.05) is 60.7 Å². The van der Waals surface area contributed by atoms with Crippen molar-refractivity contribution in [2.45, 2.75) is 6.42 Å². The van der Waals surface area contributed by atoms with Crippen LogP contribution in [0.4, 0.5) is 11.6 Å². The predicted octanol–water partition coefficient (Wildman–Crippen LogP) is 2.88. The van der Waals surface area contributed by atoms with E-state index in [0.29, 0.717) is 16.8 Å². The van der Waals surface area contributed by atoms with E-state index in [0.717, 1.165) is 11.3 Å². The number of thiocarbonyl (C=S) groups is 1. The number of aromatic nitrogens is 3. The molecular formula is C17H13N5OS. The first kappa shape index (κ1) is 14.5. The number of hydrogen-bond acceptors (Lipinski definition) is 4. The fourth-order valence-corrected chi connectivity index (χ4v) is 2.85. The molecule has 118 valence electrons. The maximum absolute atomic E-state index is 12.8. The van der Waals surface area contributed by atoms with Crippen molar-refractivity contribution >= 4 is 34.7 Å². The van der Waals surface area contributed by atoms with Crippen molar-refractivity contribution in [3.63, 3.8) is 0 Å². The lowest BCUT2D eigenvalue weighted by molar-refractivity contribution is -0.117. The largest absolute Gasteiger partial charge is 0.317 e. The molecule has 0 radical (unpaired) electrons. The third kappa shape index (κ3) is 2.44. The van der Waals surface area contributed by atoms with E-state index in [1.54, 1.807) is 9.69 Å². The van der Waals surface area contributed by atoms with E-state index in [-0.39, 0.29) is 12.3 Å². The molecule has 1 aliphatic rings. The summed E-state index contributed by atoms with van der Waals surface area (Å²) in [6, 6.07) is 19.0. The second-order valence-corrected chi connectivity index (χ2v) is 5.78. The summed E-state index contributed by atoms with van der Waals surface area (Å²) >= 11 is 5.23. The molecule has 1 amide bonds. The molecule has 0 aliphatic carbocycles. The first-order chi connectivity index (χ1) is 11.7. The van der Waals surface area contributed by atoms with Crippen LogP contribution in [0.15, 0.2) is 60.7 Å². The smallest absolute Gasteiger partial charge is 0.253 e. The van der Waals surface area contributed by atoms with Crippen LogP contribution in [0.3, 0.4) is 0 Å². The van der Waals surface area contributed by atoms with E-state index in [4.69, 9.17) is 12.2 Å². The Hall–Kier alpha value is -3.06. The summed E-state index contributed by atoms with van der Waals surface area (Å²) in [5, 5.41) is 13.0. The highest BCUT2D eigenvalue weighted by Crippen LogP contribution is 2.28. The van der Waals surface area contributed by atoms with Gasteiger partial charge in [0.05, 0.1) is 17.1 Å². The van der Waals surface area contributed by atoms with Gasteiger partial charge < -0.3 is 5.32 Å². The standard InChI is InChI=1S/C17H13N5OS/c23-15-11-14(24)18-17-20-19-16(12-7-3-1-4-8-12)22(17)21(15)13-9-5-2-6-10-13/h1-10H,11H2,(H,18,20,24). The topological polar surface area (TPSA) is 63.1 Å². The number of nitrogens with zero attached hydrogens (tertiary/aromatic N) is 4.